The molecule has 2 aromatic heterocycles. The van der Waals surface area contributed by atoms with Crippen molar-refractivity contribution in [3.8, 4) is 0 Å². The fourth-order valence-corrected chi connectivity index (χ4v) is 3.27. The van der Waals surface area contributed by atoms with Gasteiger partial charge in [0, 0.05) is 16.7 Å². The predicted molar refractivity (Wildman–Crippen MR) is 86.5 cm³/mol. The fourth-order valence-electron chi connectivity index (χ4n) is 1.99. The van der Waals surface area contributed by atoms with Crippen LogP contribution in [0.1, 0.15) is 45.6 Å². The summed E-state index contributed by atoms with van der Waals surface area (Å²) in [5, 5.41) is 13.6. The minimum absolute atomic E-state index is 0.125. The average Bonchev–Trinajstić information content (AvgIpc) is 2.94. The van der Waals surface area contributed by atoms with Crippen molar-refractivity contribution < 1.29 is 14.7 Å². The summed E-state index contributed by atoms with van der Waals surface area (Å²) in [6.07, 6.45) is 1.83. The van der Waals surface area contributed by atoms with Crippen LogP contribution in [-0.4, -0.2) is 21.6 Å². The van der Waals surface area contributed by atoms with E-state index in [1.165, 1.54) is 0 Å². The number of carbonyl (C=O) groups excluding carboxylic acids is 1. The Bertz CT molecular complexity index is 703. The zero-order chi connectivity index (χ0) is 15.7. The molecule has 2 rings (SSSR count). The molecule has 0 bridgehead atoms. The largest absolute Gasteiger partial charge is 0.477 e. The summed E-state index contributed by atoms with van der Waals surface area (Å²) in [6, 6.07) is 1.84. The van der Waals surface area contributed by atoms with E-state index in [2.05, 4.69) is 21.2 Å². The van der Waals surface area contributed by atoms with Crippen LogP contribution in [0.4, 0.5) is 5.69 Å². The molecular weight excluding hydrogens is 356 g/mol. The molecule has 0 radical (unpaired) electrons. The molecule has 0 atom stereocenters. The molecule has 2 aromatic rings. The van der Waals surface area contributed by atoms with Gasteiger partial charge in [-0.25, -0.2) is 4.79 Å². The van der Waals surface area contributed by atoms with Gasteiger partial charge in [0.05, 0.1) is 5.69 Å². The molecule has 0 spiro atoms. The van der Waals surface area contributed by atoms with Gasteiger partial charge in [0.25, 0.3) is 5.91 Å². The third kappa shape index (κ3) is 3.19. The SMILES string of the molecule is Cc1csc(C(=O)O)c1NC(=O)c1cc(Br)cn1C(C)C. The number of nitrogens with zero attached hydrogens (tertiary/aromatic N) is 1. The van der Waals surface area contributed by atoms with E-state index in [0.717, 1.165) is 21.4 Å². The van der Waals surface area contributed by atoms with Crippen LogP contribution in [-0.2, 0) is 0 Å². The number of amides is 1. The van der Waals surface area contributed by atoms with Gasteiger partial charge < -0.3 is 15.0 Å². The zero-order valence-electron chi connectivity index (χ0n) is 11.8. The number of halogens is 1. The first-order chi connectivity index (χ1) is 9.81. The van der Waals surface area contributed by atoms with Crippen LogP contribution in [0.15, 0.2) is 22.1 Å². The van der Waals surface area contributed by atoms with Crippen LogP contribution in [0.25, 0.3) is 0 Å². The van der Waals surface area contributed by atoms with Crippen LogP contribution in [0.5, 0.6) is 0 Å². The van der Waals surface area contributed by atoms with Gasteiger partial charge >= 0.3 is 5.97 Å². The second-order valence-corrected chi connectivity index (χ2v) is 6.72. The Morgan fingerprint density at radius 2 is 2.10 bits per heavy atom. The maximum absolute atomic E-state index is 12.4. The molecule has 0 aromatic carbocycles. The number of thiophene rings is 1. The minimum atomic E-state index is -1.04. The van der Waals surface area contributed by atoms with Crippen LogP contribution >= 0.6 is 27.3 Å². The Morgan fingerprint density at radius 1 is 1.43 bits per heavy atom. The highest BCUT2D eigenvalue weighted by atomic mass is 79.9. The van der Waals surface area contributed by atoms with Crippen LogP contribution < -0.4 is 5.32 Å². The molecule has 0 saturated heterocycles. The van der Waals surface area contributed by atoms with E-state index in [0.29, 0.717) is 11.4 Å². The number of carboxylic acid groups (broad SMARTS) is 1. The number of anilines is 1. The first-order valence-corrected chi connectivity index (χ1v) is 7.98. The Labute approximate surface area is 134 Å². The third-order valence-electron chi connectivity index (χ3n) is 3.01. The molecule has 2 N–H and O–H groups in total. The zero-order valence-corrected chi connectivity index (χ0v) is 14.2. The number of hydrogen-bond donors (Lipinski definition) is 2. The number of rotatable bonds is 4. The standard InChI is InChI=1S/C14H15BrN2O3S/c1-7(2)17-5-9(15)4-10(17)13(18)16-11-8(3)6-21-12(11)14(19)20/h4-7H,1-3H3,(H,16,18)(H,19,20). The average molecular weight is 371 g/mol. The molecule has 0 aliphatic rings. The van der Waals surface area contributed by atoms with E-state index in [9.17, 15) is 9.59 Å². The molecule has 7 heteroatoms. The summed E-state index contributed by atoms with van der Waals surface area (Å²) < 4.78 is 2.64. The summed E-state index contributed by atoms with van der Waals surface area (Å²) in [4.78, 5) is 23.8. The molecule has 5 nitrogen and oxygen atoms in total. The van der Waals surface area contributed by atoms with Crippen molar-refractivity contribution in [1.29, 1.82) is 0 Å². The summed E-state index contributed by atoms with van der Waals surface area (Å²) in [6.45, 7) is 5.72. The van der Waals surface area contributed by atoms with Gasteiger partial charge in [-0.3, -0.25) is 4.79 Å². The second kappa shape index (κ2) is 6.03. The second-order valence-electron chi connectivity index (χ2n) is 4.93. The van der Waals surface area contributed by atoms with Gasteiger partial charge in [-0.15, -0.1) is 11.3 Å². The lowest BCUT2D eigenvalue weighted by atomic mass is 10.2. The molecule has 21 heavy (non-hydrogen) atoms. The van der Waals surface area contributed by atoms with E-state index in [1.54, 1.807) is 18.4 Å². The Balaban J connectivity index is 2.35. The first-order valence-electron chi connectivity index (χ1n) is 6.31. The molecule has 1 amide bonds. The molecule has 2 heterocycles. The van der Waals surface area contributed by atoms with Crippen molar-refractivity contribution in [1.82, 2.24) is 4.57 Å². The number of carboxylic acids is 1. The number of aromatic nitrogens is 1. The molecular formula is C14H15BrN2O3S. The lowest BCUT2D eigenvalue weighted by Gasteiger charge is -2.13. The quantitative estimate of drug-likeness (QED) is 0.848. The van der Waals surface area contributed by atoms with Crippen molar-refractivity contribution in [2.45, 2.75) is 26.8 Å². The fraction of sp³-hybridized carbons (Fsp3) is 0.286. The highest BCUT2D eigenvalue weighted by Gasteiger charge is 2.20. The molecule has 0 saturated carbocycles. The van der Waals surface area contributed by atoms with Gasteiger partial charge in [-0.1, -0.05) is 0 Å². The van der Waals surface area contributed by atoms with Crippen molar-refractivity contribution in [2.24, 2.45) is 0 Å². The van der Waals surface area contributed by atoms with Gasteiger partial charge in [0.1, 0.15) is 10.6 Å². The van der Waals surface area contributed by atoms with Gasteiger partial charge in [-0.2, -0.15) is 0 Å². The lowest BCUT2D eigenvalue weighted by molar-refractivity contribution is 0.0703. The number of aryl methyl sites for hydroxylation is 1. The molecule has 0 aliphatic carbocycles. The molecule has 0 fully saturated rings. The highest BCUT2D eigenvalue weighted by Crippen LogP contribution is 2.29. The van der Waals surface area contributed by atoms with Crippen molar-refractivity contribution in [3.05, 3.63) is 38.3 Å². The molecule has 112 valence electrons. The summed E-state index contributed by atoms with van der Waals surface area (Å²) in [5.74, 6) is -1.36. The minimum Gasteiger partial charge on any atom is -0.477 e. The van der Waals surface area contributed by atoms with E-state index in [-0.39, 0.29) is 16.8 Å². The van der Waals surface area contributed by atoms with Crippen LogP contribution in [0.3, 0.4) is 0 Å². The smallest absolute Gasteiger partial charge is 0.348 e. The van der Waals surface area contributed by atoms with Crippen molar-refractivity contribution in [2.75, 3.05) is 5.32 Å². The maximum atomic E-state index is 12.4. The van der Waals surface area contributed by atoms with Gasteiger partial charge in [0.2, 0.25) is 0 Å². The molecule has 0 unspecified atom stereocenters. The summed E-state index contributed by atoms with van der Waals surface area (Å²) in [5.41, 5.74) is 1.59. The van der Waals surface area contributed by atoms with E-state index in [1.807, 2.05) is 24.6 Å². The lowest BCUT2D eigenvalue weighted by Crippen LogP contribution is -2.19. The molecule has 0 aliphatic heterocycles. The van der Waals surface area contributed by atoms with Gasteiger partial charge in [-0.05, 0) is 53.7 Å². The van der Waals surface area contributed by atoms with Crippen LogP contribution in [0, 0.1) is 6.92 Å². The number of nitrogens with one attached hydrogen (secondary N) is 1. The van der Waals surface area contributed by atoms with E-state index in [4.69, 9.17) is 5.11 Å². The highest BCUT2D eigenvalue weighted by molar-refractivity contribution is 9.10. The van der Waals surface area contributed by atoms with Gasteiger partial charge in [0.15, 0.2) is 0 Å². The number of aromatic carboxylic acids is 1. The normalized spacial score (nSPS) is 10.9. The van der Waals surface area contributed by atoms with E-state index >= 15 is 0 Å². The number of carbonyl (C=O) groups is 2. The summed E-state index contributed by atoms with van der Waals surface area (Å²) in [7, 11) is 0. The monoisotopic (exact) mass is 370 g/mol. The van der Waals surface area contributed by atoms with Crippen molar-refractivity contribution >= 4 is 44.8 Å². The van der Waals surface area contributed by atoms with Crippen LogP contribution in [0.2, 0.25) is 0 Å². The predicted octanol–water partition coefficient (Wildman–Crippen LogP) is 4.15. The Morgan fingerprint density at radius 3 is 2.67 bits per heavy atom. The Kier molecular flexibility index (Phi) is 4.53. The van der Waals surface area contributed by atoms with Crippen molar-refractivity contribution in [3.63, 3.8) is 0 Å². The van der Waals surface area contributed by atoms with E-state index < -0.39 is 5.97 Å². The Hall–Kier alpha value is -1.60. The maximum Gasteiger partial charge on any atom is 0.348 e. The summed E-state index contributed by atoms with van der Waals surface area (Å²) >= 11 is 4.46. The topological polar surface area (TPSA) is 71.3 Å². The first kappa shape index (κ1) is 15.8. The third-order valence-corrected chi connectivity index (χ3v) is 4.53. The number of hydrogen-bond acceptors (Lipinski definition) is 3.